The molecular formula is C19H19F3N4O3. The molecule has 29 heavy (non-hydrogen) atoms. The van der Waals surface area contributed by atoms with Crippen LogP contribution in [-0.2, 0) is 6.18 Å². The number of hydrogen-bond donors (Lipinski definition) is 1. The number of nitro groups is 1. The summed E-state index contributed by atoms with van der Waals surface area (Å²) in [5.74, 6) is 0.579. The number of rotatable bonds is 4. The molecule has 1 saturated heterocycles. The fraction of sp³-hybridized carbons (Fsp3) is 0.368. The van der Waals surface area contributed by atoms with E-state index in [1.54, 1.807) is 17.1 Å². The molecule has 2 aromatic rings. The molecule has 0 unspecified atom stereocenters. The molecule has 7 nitrogen and oxygen atoms in total. The number of benzene rings is 1. The van der Waals surface area contributed by atoms with E-state index in [1.807, 2.05) is 4.90 Å². The van der Waals surface area contributed by atoms with Crippen molar-refractivity contribution in [1.82, 2.24) is 9.97 Å². The Bertz CT molecular complexity index is 993. The van der Waals surface area contributed by atoms with E-state index in [1.165, 1.54) is 18.2 Å². The van der Waals surface area contributed by atoms with Crippen LogP contribution < -0.4 is 10.6 Å². The lowest BCUT2D eigenvalue weighted by Gasteiger charge is -2.31. The highest BCUT2D eigenvalue weighted by atomic mass is 19.4. The number of H-pyrrole nitrogens is 1. The first kappa shape index (κ1) is 20.6. The van der Waals surface area contributed by atoms with Gasteiger partial charge in [-0.15, -0.1) is 0 Å². The molecule has 0 atom stereocenters. The van der Waals surface area contributed by atoms with Crippen LogP contribution in [0.1, 0.15) is 36.7 Å². The van der Waals surface area contributed by atoms with Crippen molar-refractivity contribution in [3.8, 4) is 0 Å². The van der Waals surface area contributed by atoms with Crippen LogP contribution in [0.3, 0.4) is 0 Å². The zero-order valence-corrected chi connectivity index (χ0v) is 15.6. The molecule has 0 amide bonds. The molecule has 1 aromatic heterocycles. The second-order valence-corrected chi connectivity index (χ2v) is 7.03. The van der Waals surface area contributed by atoms with Crippen molar-refractivity contribution in [2.75, 3.05) is 18.0 Å². The topological polar surface area (TPSA) is 92.1 Å². The fourth-order valence-electron chi connectivity index (χ4n) is 3.20. The summed E-state index contributed by atoms with van der Waals surface area (Å²) in [6.45, 7) is 3.61. The summed E-state index contributed by atoms with van der Waals surface area (Å²) in [5.41, 5.74) is -1.67. The lowest BCUT2D eigenvalue weighted by atomic mass is 9.98. The zero-order valence-electron chi connectivity index (χ0n) is 15.6. The van der Waals surface area contributed by atoms with E-state index in [0.29, 0.717) is 23.2 Å². The molecule has 154 valence electrons. The van der Waals surface area contributed by atoms with E-state index in [0.717, 1.165) is 25.9 Å². The van der Waals surface area contributed by atoms with Crippen LogP contribution in [-0.4, -0.2) is 28.0 Å². The third kappa shape index (κ3) is 5.01. The minimum absolute atomic E-state index is 0.0726. The predicted molar refractivity (Wildman–Crippen MR) is 102 cm³/mol. The molecule has 0 aliphatic carbocycles. The van der Waals surface area contributed by atoms with Crippen molar-refractivity contribution >= 4 is 23.5 Å². The van der Waals surface area contributed by atoms with Crippen molar-refractivity contribution in [3.63, 3.8) is 0 Å². The third-order valence-corrected chi connectivity index (χ3v) is 4.84. The quantitative estimate of drug-likeness (QED) is 0.607. The predicted octanol–water partition coefficient (Wildman–Crippen LogP) is 4.10. The number of piperidine rings is 1. The molecule has 0 bridgehead atoms. The number of nitrogens with one attached hydrogen (secondary N) is 1. The Balaban J connectivity index is 1.89. The van der Waals surface area contributed by atoms with Gasteiger partial charge >= 0.3 is 11.9 Å². The van der Waals surface area contributed by atoms with Crippen LogP contribution in [0.4, 0.5) is 24.5 Å². The van der Waals surface area contributed by atoms with Gasteiger partial charge in [0.1, 0.15) is 11.4 Å². The summed E-state index contributed by atoms with van der Waals surface area (Å²) in [6, 6.07) is 5.35. The second-order valence-electron chi connectivity index (χ2n) is 7.03. The molecule has 1 aliphatic rings. The number of hydrogen-bond acceptors (Lipinski definition) is 5. The van der Waals surface area contributed by atoms with Gasteiger partial charge in [0.2, 0.25) is 0 Å². The minimum atomic E-state index is -4.71. The Kier molecular flexibility index (Phi) is 5.71. The average Bonchev–Trinajstić information content (AvgIpc) is 2.66. The summed E-state index contributed by atoms with van der Waals surface area (Å²) < 4.78 is 38.4. The van der Waals surface area contributed by atoms with E-state index in [4.69, 9.17) is 0 Å². The molecule has 1 fully saturated rings. The smallest absolute Gasteiger partial charge is 0.366 e. The van der Waals surface area contributed by atoms with E-state index in [2.05, 4.69) is 11.9 Å². The number of aromatic nitrogens is 2. The van der Waals surface area contributed by atoms with Gasteiger partial charge in [-0.1, -0.05) is 19.1 Å². The average molecular weight is 408 g/mol. The maximum atomic E-state index is 12.8. The van der Waals surface area contributed by atoms with Gasteiger partial charge in [0.15, 0.2) is 0 Å². The molecule has 1 N–H and O–H groups in total. The summed E-state index contributed by atoms with van der Waals surface area (Å²) >= 11 is 0. The first-order chi connectivity index (χ1) is 13.6. The van der Waals surface area contributed by atoms with Crippen LogP contribution in [0, 0.1) is 16.0 Å². The van der Waals surface area contributed by atoms with Gasteiger partial charge in [-0.3, -0.25) is 10.1 Å². The van der Waals surface area contributed by atoms with Crippen LogP contribution in [0.15, 0.2) is 29.1 Å². The molecule has 0 spiro atoms. The Morgan fingerprint density at radius 3 is 2.55 bits per heavy atom. The largest absolute Gasteiger partial charge is 0.431 e. The number of anilines is 1. The van der Waals surface area contributed by atoms with Crippen molar-refractivity contribution in [2.24, 2.45) is 5.92 Å². The zero-order chi connectivity index (χ0) is 21.2. The number of nitrogens with zero attached hydrogens (tertiary/aromatic N) is 3. The molecule has 3 rings (SSSR count). The van der Waals surface area contributed by atoms with E-state index in [9.17, 15) is 28.1 Å². The van der Waals surface area contributed by atoms with Gasteiger partial charge in [-0.2, -0.15) is 18.2 Å². The fourth-order valence-corrected chi connectivity index (χ4v) is 3.20. The lowest BCUT2D eigenvalue weighted by molar-refractivity contribution is -0.384. The summed E-state index contributed by atoms with van der Waals surface area (Å²) in [5, 5.41) is 11.5. The Hall–Kier alpha value is -3.17. The Morgan fingerprint density at radius 1 is 1.24 bits per heavy atom. The van der Waals surface area contributed by atoms with Crippen LogP contribution >= 0.6 is 0 Å². The molecular weight excluding hydrogens is 389 g/mol. The van der Waals surface area contributed by atoms with Crippen LogP contribution in [0.25, 0.3) is 12.2 Å². The number of nitro benzene ring substituents is 1. The lowest BCUT2D eigenvalue weighted by Crippen LogP contribution is -2.33. The van der Waals surface area contributed by atoms with Crippen molar-refractivity contribution < 1.29 is 18.1 Å². The van der Waals surface area contributed by atoms with E-state index < -0.39 is 22.5 Å². The van der Waals surface area contributed by atoms with E-state index in [-0.39, 0.29) is 11.4 Å². The standard InChI is InChI=1S/C19H19F3N4O3/c1-12-6-8-25(9-7-12)15-5-3-13(10-16(15)26(28)29)2-4-14-11-17(19(20,21)22)24-18(27)23-14/h2-5,10-12H,6-9H2,1H3,(H,23,24,27). The van der Waals surface area contributed by atoms with Gasteiger partial charge in [-0.05, 0) is 42.5 Å². The van der Waals surface area contributed by atoms with Crippen LogP contribution in [0.2, 0.25) is 0 Å². The van der Waals surface area contributed by atoms with Gasteiger partial charge in [0.05, 0.1) is 10.6 Å². The highest BCUT2D eigenvalue weighted by Gasteiger charge is 2.32. The highest BCUT2D eigenvalue weighted by Crippen LogP contribution is 2.33. The van der Waals surface area contributed by atoms with Crippen LogP contribution in [0.5, 0.6) is 0 Å². The summed E-state index contributed by atoms with van der Waals surface area (Å²) in [6.07, 6.45) is -0.205. The molecule has 0 saturated carbocycles. The normalized spacial score (nSPS) is 15.8. The monoisotopic (exact) mass is 408 g/mol. The molecule has 1 aromatic carbocycles. The molecule has 1 aliphatic heterocycles. The molecule has 0 radical (unpaired) electrons. The van der Waals surface area contributed by atoms with Crippen molar-refractivity contribution in [1.29, 1.82) is 0 Å². The highest BCUT2D eigenvalue weighted by molar-refractivity contribution is 5.73. The Morgan fingerprint density at radius 2 is 1.93 bits per heavy atom. The minimum Gasteiger partial charge on any atom is -0.366 e. The SMILES string of the molecule is CC1CCN(c2ccc(C=Cc3cc(C(F)(F)F)[nH]c(=O)n3)cc2[N+](=O)[O-])CC1. The summed E-state index contributed by atoms with van der Waals surface area (Å²) in [4.78, 5) is 29.5. The first-order valence-corrected chi connectivity index (χ1v) is 9.03. The van der Waals surface area contributed by atoms with Crippen molar-refractivity contribution in [2.45, 2.75) is 25.9 Å². The van der Waals surface area contributed by atoms with Gasteiger partial charge < -0.3 is 9.88 Å². The van der Waals surface area contributed by atoms with Gasteiger partial charge in [0.25, 0.3) is 5.69 Å². The maximum Gasteiger partial charge on any atom is 0.431 e. The third-order valence-electron chi connectivity index (χ3n) is 4.84. The number of alkyl halides is 3. The summed E-state index contributed by atoms with van der Waals surface area (Å²) in [7, 11) is 0. The number of halogens is 3. The second kappa shape index (κ2) is 8.06. The van der Waals surface area contributed by atoms with Gasteiger partial charge in [0, 0.05) is 19.2 Å². The van der Waals surface area contributed by atoms with Crippen molar-refractivity contribution in [3.05, 3.63) is 61.8 Å². The molecule has 2 heterocycles. The first-order valence-electron chi connectivity index (χ1n) is 9.03. The Labute approximate surface area is 164 Å². The number of aromatic amines is 1. The van der Waals surface area contributed by atoms with E-state index >= 15 is 0 Å². The van der Waals surface area contributed by atoms with Gasteiger partial charge in [-0.25, -0.2) is 4.79 Å². The maximum absolute atomic E-state index is 12.8. The molecule has 10 heteroatoms.